The van der Waals surface area contributed by atoms with Crippen LogP contribution in [0.15, 0.2) is 27.9 Å². The molecule has 1 fully saturated rings. The van der Waals surface area contributed by atoms with Crippen LogP contribution in [0, 0.1) is 5.92 Å². The zero-order valence-corrected chi connectivity index (χ0v) is 19.1. The highest BCUT2D eigenvalue weighted by molar-refractivity contribution is 5.59. The molecular formula is C23H31N3O7. The largest absolute Gasteiger partial charge is 0.386 e. The summed E-state index contributed by atoms with van der Waals surface area (Å²) in [6.07, 6.45) is 0.891. The average Bonchev–Trinajstić information content (AvgIpc) is 3.16. The summed E-state index contributed by atoms with van der Waals surface area (Å²) in [5, 5.41) is 35.3. The van der Waals surface area contributed by atoms with Gasteiger partial charge in [-0.1, -0.05) is 19.1 Å². The number of nitrogens with zero attached hydrogens (tertiary/aromatic N) is 1. The standard InChI is InChI=1S/C23H31N3O7/c1-5-6-12-7-14-20(29)25-17-13(21(30)26(14)9-12)8-15(11(2)18(17)27)33-22-19(28)23(3,31)16(24-4)10-32-22/h5-7,9,11,15-16,18-19,22,24,27-28,31H,8,10H2,1-4H3,(H,25,29). The molecule has 0 bridgehead atoms. The van der Waals surface area contributed by atoms with Crippen LogP contribution in [0.1, 0.15) is 43.7 Å². The van der Waals surface area contributed by atoms with Crippen molar-refractivity contribution in [3.63, 3.8) is 0 Å². The number of nitrogens with one attached hydrogen (secondary N) is 2. The Balaban J connectivity index is 1.72. The van der Waals surface area contributed by atoms with Crippen molar-refractivity contribution in [3.8, 4) is 0 Å². The second kappa shape index (κ2) is 8.79. The number of ether oxygens (including phenoxy) is 2. The number of aromatic nitrogens is 2. The molecule has 0 radical (unpaired) electrons. The molecule has 10 nitrogen and oxygen atoms in total. The van der Waals surface area contributed by atoms with E-state index in [1.807, 2.05) is 6.92 Å². The van der Waals surface area contributed by atoms with Gasteiger partial charge in [-0.25, -0.2) is 0 Å². The third-order valence-electron chi connectivity index (χ3n) is 6.92. The molecule has 7 unspecified atom stereocenters. The number of rotatable bonds is 4. The number of likely N-dealkylation sites (N-methyl/N-ethyl adjacent to an activating group) is 1. The van der Waals surface area contributed by atoms with Gasteiger partial charge in [0.25, 0.3) is 11.1 Å². The predicted molar refractivity (Wildman–Crippen MR) is 121 cm³/mol. The number of fused-ring (bicyclic) bond motifs is 2. The monoisotopic (exact) mass is 461 g/mol. The summed E-state index contributed by atoms with van der Waals surface area (Å²) in [6.45, 7) is 5.18. The molecule has 0 amide bonds. The van der Waals surface area contributed by atoms with Crippen LogP contribution < -0.4 is 16.4 Å². The molecule has 5 N–H and O–H groups in total. The molecule has 7 atom stereocenters. The summed E-state index contributed by atoms with van der Waals surface area (Å²) in [5.41, 5.74) is -1.13. The minimum atomic E-state index is -1.51. The van der Waals surface area contributed by atoms with Crippen LogP contribution in [-0.2, 0) is 15.9 Å². The molecule has 10 heteroatoms. The molecule has 33 heavy (non-hydrogen) atoms. The summed E-state index contributed by atoms with van der Waals surface area (Å²) in [7, 11) is 1.66. The lowest BCUT2D eigenvalue weighted by atomic mass is 9.83. The van der Waals surface area contributed by atoms with Crippen LogP contribution in [0.3, 0.4) is 0 Å². The first-order chi connectivity index (χ1) is 15.6. The van der Waals surface area contributed by atoms with E-state index in [-0.39, 0.29) is 29.8 Å². The fraction of sp³-hybridized carbons (Fsp3) is 0.565. The maximum absolute atomic E-state index is 13.4. The Morgan fingerprint density at radius 3 is 2.76 bits per heavy atom. The van der Waals surface area contributed by atoms with E-state index in [1.165, 1.54) is 11.3 Å². The van der Waals surface area contributed by atoms with Crippen molar-refractivity contribution in [1.82, 2.24) is 14.7 Å². The van der Waals surface area contributed by atoms with Crippen LogP contribution in [0.4, 0.5) is 0 Å². The molecular weight excluding hydrogens is 430 g/mol. The molecule has 2 aromatic rings. The van der Waals surface area contributed by atoms with Crippen molar-refractivity contribution in [2.75, 3.05) is 13.7 Å². The van der Waals surface area contributed by atoms with Crippen molar-refractivity contribution in [2.45, 2.75) is 63.4 Å². The predicted octanol–water partition coefficient (Wildman–Crippen LogP) is -0.312. The van der Waals surface area contributed by atoms with Crippen LogP contribution in [0.2, 0.25) is 0 Å². The van der Waals surface area contributed by atoms with Gasteiger partial charge in [0.05, 0.1) is 30.6 Å². The first kappa shape index (κ1) is 23.8. The smallest absolute Gasteiger partial charge is 0.272 e. The van der Waals surface area contributed by atoms with Gasteiger partial charge in [0.15, 0.2) is 6.29 Å². The molecule has 0 saturated carbocycles. The third kappa shape index (κ3) is 3.96. The van der Waals surface area contributed by atoms with Gasteiger partial charge in [0.1, 0.15) is 17.2 Å². The number of allylic oxidation sites excluding steroid dienone is 1. The minimum Gasteiger partial charge on any atom is -0.386 e. The summed E-state index contributed by atoms with van der Waals surface area (Å²) in [4.78, 5) is 28.8. The van der Waals surface area contributed by atoms with Gasteiger partial charge in [-0.2, -0.15) is 0 Å². The summed E-state index contributed by atoms with van der Waals surface area (Å²) in [6, 6.07) is 1.12. The molecule has 1 saturated heterocycles. The molecule has 4 rings (SSSR count). The van der Waals surface area contributed by atoms with E-state index in [1.54, 1.807) is 38.4 Å². The quantitative estimate of drug-likeness (QED) is 0.417. The number of hydrogen-bond acceptors (Lipinski definition) is 8. The van der Waals surface area contributed by atoms with Gasteiger partial charge >= 0.3 is 0 Å². The third-order valence-corrected chi connectivity index (χ3v) is 6.92. The van der Waals surface area contributed by atoms with E-state index in [2.05, 4.69) is 10.3 Å². The Labute approximate surface area is 190 Å². The molecule has 1 aliphatic carbocycles. The molecule has 2 aromatic heterocycles. The van der Waals surface area contributed by atoms with Crippen LogP contribution >= 0.6 is 0 Å². The van der Waals surface area contributed by atoms with Gasteiger partial charge in [-0.15, -0.1) is 0 Å². The molecule has 3 heterocycles. The van der Waals surface area contributed by atoms with Gasteiger partial charge in [0.2, 0.25) is 0 Å². The molecule has 180 valence electrons. The number of H-pyrrole nitrogens is 1. The number of aromatic amines is 1. The van der Waals surface area contributed by atoms with Gasteiger partial charge in [-0.05, 0) is 32.5 Å². The normalized spacial score (nSPS) is 34.6. The number of aliphatic hydroxyl groups is 3. The van der Waals surface area contributed by atoms with Crippen molar-refractivity contribution >= 4 is 11.6 Å². The molecule has 1 aliphatic heterocycles. The van der Waals surface area contributed by atoms with Crippen molar-refractivity contribution in [1.29, 1.82) is 0 Å². The van der Waals surface area contributed by atoms with E-state index in [9.17, 15) is 24.9 Å². The minimum absolute atomic E-state index is 0.0907. The summed E-state index contributed by atoms with van der Waals surface area (Å²) >= 11 is 0. The first-order valence-corrected chi connectivity index (χ1v) is 11.1. The fourth-order valence-electron chi connectivity index (χ4n) is 4.70. The lowest BCUT2D eigenvalue weighted by Crippen LogP contribution is -2.66. The molecule has 0 spiro atoms. The lowest BCUT2D eigenvalue weighted by molar-refractivity contribution is -0.296. The van der Waals surface area contributed by atoms with Crippen molar-refractivity contribution in [2.24, 2.45) is 5.92 Å². The Bertz CT molecular complexity index is 1190. The van der Waals surface area contributed by atoms with E-state index in [4.69, 9.17) is 9.47 Å². The van der Waals surface area contributed by atoms with E-state index >= 15 is 0 Å². The van der Waals surface area contributed by atoms with Crippen molar-refractivity contribution < 1.29 is 24.8 Å². The van der Waals surface area contributed by atoms with Gasteiger partial charge in [-0.3, -0.25) is 14.0 Å². The summed E-state index contributed by atoms with van der Waals surface area (Å²) in [5.74, 6) is -0.518. The maximum Gasteiger partial charge on any atom is 0.272 e. The average molecular weight is 462 g/mol. The van der Waals surface area contributed by atoms with Crippen LogP contribution in [0.5, 0.6) is 0 Å². The highest BCUT2D eigenvalue weighted by Crippen LogP contribution is 2.35. The highest BCUT2D eigenvalue weighted by atomic mass is 16.7. The zero-order valence-electron chi connectivity index (χ0n) is 19.1. The maximum atomic E-state index is 13.4. The second-order valence-electron chi connectivity index (χ2n) is 9.08. The lowest BCUT2D eigenvalue weighted by Gasteiger charge is -2.46. The number of hydrogen-bond donors (Lipinski definition) is 5. The zero-order chi connectivity index (χ0) is 24.1. The topological polar surface area (TPSA) is 146 Å². The van der Waals surface area contributed by atoms with E-state index < -0.39 is 53.3 Å². The Morgan fingerprint density at radius 1 is 1.36 bits per heavy atom. The van der Waals surface area contributed by atoms with Crippen molar-refractivity contribution in [3.05, 3.63) is 55.9 Å². The Kier molecular flexibility index (Phi) is 6.34. The second-order valence-corrected chi connectivity index (χ2v) is 9.08. The Hall–Kier alpha value is -2.34. The van der Waals surface area contributed by atoms with Crippen LogP contribution in [0.25, 0.3) is 11.6 Å². The molecule has 0 aromatic carbocycles. The van der Waals surface area contributed by atoms with Gasteiger partial charge < -0.3 is 35.1 Å². The fourth-order valence-corrected chi connectivity index (χ4v) is 4.70. The summed E-state index contributed by atoms with van der Waals surface area (Å²) < 4.78 is 12.9. The highest BCUT2D eigenvalue weighted by Gasteiger charge is 2.49. The van der Waals surface area contributed by atoms with Gasteiger partial charge in [0, 0.05) is 24.1 Å². The van der Waals surface area contributed by atoms with E-state index in [0.717, 1.165) is 0 Å². The number of aliphatic hydroxyl groups excluding tert-OH is 2. The van der Waals surface area contributed by atoms with Crippen LogP contribution in [-0.4, -0.2) is 68.5 Å². The SMILES string of the molecule is CC=Cc1cc2c(=O)[nH]c3c(c(=O)n2c1)CC(OC1OCC(NC)C(C)(O)C1O)C(C)C3O. The van der Waals surface area contributed by atoms with E-state index in [0.29, 0.717) is 5.56 Å². The first-order valence-electron chi connectivity index (χ1n) is 11.1. The molecule has 2 aliphatic rings. The Morgan fingerprint density at radius 2 is 2.09 bits per heavy atom.